The molecular weight excluding hydrogens is 973 g/mol. The Hall–Kier alpha value is -2.37. The molecule has 0 N–H and O–H groups in total. The molecule has 0 aliphatic carbocycles. The minimum Gasteiger partial charge on any atom is -0.462 e. The zero-order valence-corrected chi connectivity index (χ0v) is 53.4. The van der Waals surface area contributed by atoms with Gasteiger partial charge in [-0.1, -0.05) is 353 Å². The topological polar surface area (TPSA) is 78.9 Å². The number of esters is 3. The molecule has 0 bridgehead atoms. The Morgan fingerprint density at radius 2 is 0.456 bits per heavy atom. The molecule has 79 heavy (non-hydrogen) atoms. The van der Waals surface area contributed by atoms with E-state index in [1.54, 1.807) is 0 Å². The molecule has 0 aliphatic rings. The van der Waals surface area contributed by atoms with Crippen molar-refractivity contribution in [2.24, 2.45) is 0 Å². The Labute approximate surface area is 493 Å². The van der Waals surface area contributed by atoms with Gasteiger partial charge in [0.15, 0.2) is 6.10 Å². The molecule has 0 amide bonds. The van der Waals surface area contributed by atoms with Crippen LogP contribution in [-0.2, 0) is 28.6 Å². The molecule has 6 heteroatoms. The van der Waals surface area contributed by atoms with Crippen molar-refractivity contribution in [3.63, 3.8) is 0 Å². The molecule has 0 rings (SSSR count). The Balaban J connectivity index is 4.14. The van der Waals surface area contributed by atoms with Crippen molar-refractivity contribution in [2.45, 2.75) is 399 Å². The van der Waals surface area contributed by atoms with Crippen LogP contribution in [0, 0.1) is 0 Å². The van der Waals surface area contributed by atoms with Crippen molar-refractivity contribution in [3.8, 4) is 0 Å². The van der Waals surface area contributed by atoms with E-state index in [2.05, 4.69) is 57.2 Å². The van der Waals surface area contributed by atoms with E-state index in [0.717, 1.165) is 70.6 Å². The lowest BCUT2D eigenvalue weighted by atomic mass is 10.0. The summed E-state index contributed by atoms with van der Waals surface area (Å²) in [5.41, 5.74) is 0. The first-order valence-electron chi connectivity index (χ1n) is 35.5. The fourth-order valence-corrected chi connectivity index (χ4v) is 10.8. The third-order valence-electron chi connectivity index (χ3n) is 16.1. The fourth-order valence-electron chi connectivity index (χ4n) is 10.8. The van der Waals surface area contributed by atoms with Crippen LogP contribution in [0.25, 0.3) is 0 Å². The molecule has 1 atom stereocenters. The predicted octanol–water partition coefficient (Wildman–Crippen LogP) is 24.3. The Bertz CT molecular complexity index is 1320. The van der Waals surface area contributed by atoms with E-state index in [1.807, 2.05) is 0 Å². The quantitative estimate of drug-likeness (QED) is 0.0261. The first kappa shape index (κ1) is 76.6. The Kier molecular flexibility index (Phi) is 66.1. The maximum Gasteiger partial charge on any atom is 0.306 e. The number of unbranched alkanes of at least 4 members (excludes halogenated alkanes) is 49. The summed E-state index contributed by atoms with van der Waals surface area (Å²) >= 11 is 0. The van der Waals surface area contributed by atoms with E-state index in [9.17, 15) is 14.4 Å². The second-order valence-corrected chi connectivity index (χ2v) is 24.2. The van der Waals surface area contributed by atoms with Crippen LogP contribution in [0.4, 0.5) is 0 Å². The number of rotatable bonds is 66. The van der Waals surface area contributed by atoms with E-state index in [-0.39, 0.29) is 31.1 Å². The van der Waals surface area contributed by atoms with E-state index in [4.69, 9.17) is 14.2 Å². The van der Waals surface area contributed by atoms with E-state index in [0.29, 0.717) is 19.3 Å². The van der Waals surface area contributed by atoms with Gasteiger partial charge in [0.25, 0.3) is 0 Å². The number of carbonyl (C=O) groups excluding carboxylic acids is 3. The first-order valence-corrected chi connectivity index (χ1v) is 35.5. The number of allylic oxidation sites excluding steroid dienone is 6. The molecule has 1 unspecified atom stereocenters. The number of hydrogen-bond acceptors (Lipinski definition) is 6. The van der Waals surface area contributed by atoms with Gasteiger partial charge in [-0.2, -0.15) is 0 Å². The van der Waals surface area contributed by atoms with Crippen LogP contribution in [-0.4, -0.2) is 37.2 Å². The van der Waals surface area contributed by atoms with E-state index >= 15 is 0 Å². The molecule has 0 radical (unpaired) electrons. The lowest BCUT2D eigenvalue weighted by Crippen LogP contribution is -2.30. The maximum atomic E-state index is 12.9. The monoisotopic (exact) mass is 1110 g/mol. The van der Waals surface area contributed by atoms with Gasteiger partial charge >= 0.3 is 17.9 Å². The lowest BCUT2D eigenvalue weighted by Gasteiger charge is -2.18. The molecule has 0 spiro atoms. The van der Waals surface area contributed by atoms with Crippen molar-refractivity contribution >= 4 is 17.9 Å². The zero-order chi connectivity index (χ0) is 57.1. The second-order valence-electron chi connectivity index (χ2n) is 24.2. The van der Waals surface area contributed by atoms with Crippen molar-refractivity contribution in [3.05, 3.63) is 36.5 Å². The summed E-state index contributed by atoms with van der Waals surface area (Å²) in [4.78, 5) is 38.4. The van der Waals surface area contributed by atoms with Crippen molar-refractivity contribution in [1.82, 2.24) is 0 Å². The summed E-state index contributed by atoms with van der Waals surface area (Å²) in [6, 6.07) is 0. The molecule has 0 aromatic rings. The van der Waals surface area contributed by atoms with Crippen LogP contribution in [0.2, 0.25) is 0 Å². The summed E-state index contributed by atoms with van der Waals surface area (Å²) < 4.78 is 17.0. The van der Waals surface area contributed by atoms with Crippen LogP contribution in [0.5, 0.6) is 0 Å². The first-order chi connectivity index (χ1) is 39.0. The van der Waals surface area contributed by atoms with Gasteiger partial charge in [0.1, 0.15) is 13.2 Å². The smallest absolute Gasteiger partial charge is 0.306 e. The normalized spacial score (nSPS) is 12.2. The maximum absolute atomic E-state index is 12.9. The third-order valence-corrected chi connectivity index (χ3v) is 16.1. The highest BCUT2D eigenvalue weighted by Crippen LogP contribution is 2.19. The van der Waals surface area contributed by atoms with Gasteiger partial charge in [0.2, 0.25) is 0 Å². The van der Waals surface area contributed by atoms with Crippen molar-refractivity contribution in [1.29, 1.82) is 0 Å². The molecule has 0 saturated carbocycles. The highest BCUT2D eigenvalue weighted by Gasteiger charge is 2.19. The summed E-state index contributed by atoms with van der Waals surface area (Å²) in [5, 5.41) is 0. The highest BCUT2D eigenvalue weighted by atomic mass is 16.6. The van der Waals surface area contributed by atoms with Gasteiger partial charge in [-0.15, -0.1) is 0 Å². The van der Waals surface area contributed by atoms with Gasteiger partial charge in [-0.25, -0.2) is 0 Å². The highest BCUT2D eigenvalue weighted by molar-refractivity contribution is 5.71. The summed E-state index contributed by atoms with van der Waals surface area (Å²) in [7, 11) is 0. The van der Waals surface area contributed by atoms with Crippen LogP contribution >= 0.6 is 0 Å². The standard InChI is InChI=1S/C73H136O6/c1-4-7-10-13-16-19-22-25-27-29-31-32-33-34-35-36-37-38-39-40-41-42-43-45-46-48-51-54-57-60-63-66-72(75)78-69-70(68-77-71(74)65-62-59-56-53-50-24-21-18-15-12-9-6-3)79-73(76)67-64-61-58-55-52-49-47-44-30-28-26-23-20-17-14-11-8-5-2/h22,25,29,31,33-34,70H,4-21,23-24,26-28,30,32,35-69H2,1-3H3/b25-22-,31-29-,34-33-. The molecule has 464 valence electrons. The zero-order valence-electron chi connectivity index (χ0n) is 53.4. The average Bonchev–Trinajstić information content (AvgIpc) is 3.45. The number of ether oxygens (including phenoxy) is 3. The van der Waals surface area contributed by atoms with Gasteiger partial charge in [0, 0.05) is 19.3 Å². The van der Waals surface area contributed by atoms with Gasteiger partial charge in [-0.3, -0.25) is 14.4 Å². The van der Waals surface area contributed by atoms with Gasteiger partial charge < -0.3 is 14.2 Å². The minimum atomic E-state index is -0.767. The molecule has 0 heterocycles. The van der Waals surface area contributed by atoms with Crippen LogP contribution in [0.15, 0.2) is 36.5 Å². The molecule has 0 saturated heterocycles. The van der Waals surface area contributed by atoms with Crippen LogP contribution in [0.3, 0.4) is 0 Å². The second kappa shape index (κ2) is 68.1. The average molecular weight is 1110 g/mol. The Morgan fingerprint density at radius 3 is 0.709 bits per heavy atom. The molecular formula is C73H136O6. The predicted molar refractivity (Wildman–Crippen MR) is 344 cm³/mol. The molecule has 0 aromatic heterocycles. The molecule has 0 aliphatic heterocycles. The third kappa shape index (κ3) is 66.3. The summed E-state index contributed by atoms with van der Waals surface area (Å²) in [6.45, 7) is 6.70. The fraction of sp³-hybridized carbons (Fsp3) is 0.877. The summed E-state index contributed by atoms with van der Waals surface area (Å²) in [5.74, 6) is -0.834. The minimum absolute atomic E-state index is 0.0647. The Morgan fingerprint density at radius 1 is 0.253 bits per heavy atom. The number of carbonyl (C=O) groups is 3. The number of hydrogen-bond donors (Lipinski definition) is 0. The van der Waals surface area contributed by atoms with Crippen molar-refractivity contribution < 1.29 is 28.6 Å². The molecule has 6 nitrogen and oxygen atoms in total. The lowest BCUT2D eigenvalue weighted by molar-refractivity contribution is -0.167. The molecule has 0 fully saturated rings. The van der Waals surface area contributed by atoms with Crippen LogP contribution in [0.1, 0.15) is 393 Å². The summed E-state index contributed by atoms with van der Waals surface area (Å²) in [6.07, 6.45) is 84.6. The van der Waals surface area contributed by atoms with Crippen LogP contribution < -0.4 is 0 Å². The van der Waals surface area contributed by atoms with Gasteiger partial charge in [0.05, 0.1) is 0 Å². The molecule has 0 aromatic carbocycles. The SMILES string of the molecule is CCCCCCC/C=C\C/C=C\C/C=C\CCCCCCCCCCCCCCCCCCC(=O)OCC(COC(=O)CCCCCCCCCCCCCC)OC(=O)CCCCCCCCCCCCCCCCCCCC. The largest absolute Gasteiger partial charge is 0.462 e. The van der Waals surface area contributed by atoms with E-state index < -0.39 is 6.10 Å². The van der Waals surface area contributed by atoms with E-state index in [1.165, 1.54) is 283 Å². The van der Waals surface area contributed by atoms with Crippen molar-refractivity contribution in [2.75, 3.05) is 13.2 Å². The van der Waals surface area contributed by atoms with Gasteiger partial charge in [-0.05, 0) is 57.8 Å².